The molecule has 0 spiro atoms. The van der Waals surface area contributed by atoms with E-state index in [1.54, 1.807) is 0 Å². The Kier molecular flexibility index (Phi) is 9.12. The largest absolute Gasteiger partial charge is 0.377 e. The van der Waals surface area contributed by atoms with E-state index in [0.717, 1.165) is 61.1 Å². The van der Waals surface area contributed by atoms with Crippen LogP contribution in [0.15, 0.2) is 0 Å². The summed E-state index contributed by atoms with van der Waals surface area (Å²) in [7, 11) is 0. The van der Waals surface area contributed by atoms with Crippen molar-refractivity contribution in [3.63, 3.8) is 0 Å². The summed E-state index contributed by atoms with van der Waals surface area (Å²) in [5.41, 5.74) is 6.78. The van der Waals surface area contributed by atoms with Crippen molar-refractivity contribution in [1.29, 1.82) is 0 Å². The Hall–Kier alpha value is -0.120. The first kappa shape index (κ1) is 26.9. The smallest absolute Gasteiger partial charge is 0.0594 e. The van der Waals surface area contributed by atoms with Crippen LogP contribution in [0, 0.1) is 52.3 Å². The highest BCUT2D eigenvalue weighted by molar-refractivity contribution is 5.09. The van der Waals surface area contributed by atoms with Crippen LogP contribution in [0.2, 0.25) is 0 Å². The second-order valence-electron chi connectivity index (χ2n) is 14.0. The van der Waals surface area contributed by atoms with Gasteiger partial charge in [-0.1, -0.05) is 53.9 Å². The average Bonchev–Trinajstić information content (AvgIpc) is 3.16. The lowest BCUT2D eigenvalue weighted by molar-refractivity contribution is -0.136. The highest BCUT2D eigenvalue weighted by Crippen LogP contribution is 2.68. The van der Waals surface area contributed by atoms with Crippen LogP contribution in [-0.2, 0) is 4.74 Å². The predicted molar refractivity (Wildman–Crippen MR) is 145 cm³/mol. The molecular formula is C31H58N2O. The molecule has 0 radical (unpaired) electrons. The zero-order valence-electron chi connectivity index (χ0n) is 23.4. The SMILES string of the molecule is CC(C)CCC[C@@H](C)[C@H]1CCC2[C@@H]3CCC4C[C@@H](OCCNCCN)CC[C@]4(C)C3CC[C@@]21C. The molecule has 34 heavy (non-hydrogen) atoms. The predicted octanol–water partition coefficient (Wildman–Crippen LogP) is 7.04. The van der Waals surface area contributed by atoms with Crippen molar-refractivity contribution in [3.8, 4) is 0 Å². The van der Waals surface area contributed by atoms with E-state index in [2.05, 4.69) is 39.9 Å². The highest BCUT2D eigenvalue weighted by atomic mass is 16.5. The van der Waals surface area contributed by atoms with Gasteiger partial charge in [0.25, 0.3) is 0 Å². The van der Waals surface area contributed by atoms with Crippen LogP contribution in [0.5, 0.6) is 0 Å². The molecule has 0 aromatic heterocycles. The standard InChI is InChI=1S/C31H58N2O/c1-22(2)7-6-8-23(3)27-11-12-28-26-10-9-24-21-25(34-20-19-33-18-17-32)13-15-30(24,4)29(26)14-16-31(27,28)5/h22-29,33H,6-21,32H2,1-5H3/t23-,24?,25+,26+,27-,28?,29?,30+,31-/m1/s1. The van der Waals surface area contributed by atoms with Crippen LogP contribution < -0.4 is 11.1 Å². The molecule has 0 saturated heterocycles. The molecule has 3 N–H and O–H groups in total. The van der Waals surface area contributed by atoms with Crippen LogP contribution in [0.3, 0.4) is 0 Å². The molecule has 4 saturated carbocycles. The number of ether oxygens (including phenoxy) is 1. The van der Waals surface area contributed by atoms with Crippen molar-refractivity contribution in [2.24, 2.45) is 58.0 Å². The third-order valence-corrected chi connectivity index (χ3v) is 11.8. The Morgan fingerprint density at radius 3 is 2.41 bits per heavy atom. The van der Waals surface area contributed by atoms with E-state index < -0.39 is 0 Å². The highest BCUT2D eigenvalue weighted by Gasteiger charge is 2.60. The number of hydrogen-bond donors (Lipinski definition) is 2. The van der Waals surface area contributed by atoms with E-state index in [1.807, 2.05) is 0 Å². The Balaban J connectivity index is 1.34. The van der Waals surface area contributed by atoms with Gasteiger partial charge in [-0.3, -0.25) is 0 Å². The zero-order chi connectivity index (χ0) is 24.3. The minimum Gasteiger partial charge on any atom is -0.377 e. The lowest BCUT2D eigenvalue weighted by atomic mass is 9.44. The fraction of sp³-hybridized carbons (Fsp3) is 1.00. The van der Waals surface area contributed by atoms with Gasteiger partial charge in [-0.25, -0.2) is 0 Å². The van der Waals surface area contributed by atoms with E-state index in [-0.39, 0.29) is 0 Å². The Morgan fingerprint density at radius 1 is 0.882 bits per heavy atom. The van der Waals surface area contributed by atoms with Crippen LogP contribution in [0.25, 0.3) is 0 Å². The minimum absolute atomic E-state index is 0.491. The summed E-state index contributed by atoms with van der Waals surface area (Å²) in [5, 5.41) is 3.38. The first-order valence-corrected chi connectivity index (χ1v) is 15.3. The van der Waals surface area contributed by atoms with Crippen molar-refractivity contribution in [2.75, 3.05) is 26.2 Å². The summed E-state index contributed by atoms with van der Waals surface area (Å²) in [6.45, 7) is 16.2. The van der Waals surface area contributed by atoms with Gasteiger partial charge in [0.1, 0.15) is 0 Å². The van der Waals surface area contributed by atoms with E-state index in [0.29, 0.717) is 23.5 Å². The minimum atomic E-state index is 0.491. The first-order valence-electron chi connectivity index (χ1n) is 15.3. The van der Waals surface area contributed by atoms with Crippen molar-refractivity contribution < 1.29 is 4.74 Å². The Bertz CT molecular complexity index is 637. The molecule has 0 aromatic rings. The van der Waals surface area contributed by atoms with Gasteiger partial charge in [-0.2, -0.15) is 0 Å². The summed E-state index contributed by atoms with van der Waals surface area (Å²) < 4.78 is 6.33. The lowest BCUT2D eigenvalue weighted by Gasteiger charge is -2.61. The summed E-state index contributed by atoms with van der Waals surface area (Å²) in [6, 6.07) is 0. The van der Waals surface area contributed by atoms with E-state index in [4.69, 9.17) is 10.5 Å². The van der Waals surface area contributed by atoms with Crippen molar-refractivity contribution in [3.05, 3.63) is 0 Å². The van der Waals surface area contributed by atoms with Crippen molar-refractivity contribution >= 4 is 0 Å². The van der Waals surface area contributed by atoms with Crippen LogP contribution >= 0.6 is 0 Å². The molecule has 3 heteroatoms. The number of nitrogens with one attached hydrogen (secondary N) is 1. The molecule has 0 amide bonds. The van der Waals surface area contributed by atoms with E-state index in [9.17, 15) is 0 Å². The average molecular weight is 475 g/mol. The molecule has 9 atom stereocenters. The molecule has 4 fully saturated rings. The Labute approximate surface area is 212 Å². The molecule has 4 aliphatic rings. The lowest BCUT2D eigenvalue weighted by Crippen LogP contribution is -2.54. The van der Waals surface area contributed by atoms with Gasteiger partial charge in [0.05, 0.1) is 12.7 Å². The van der Waals surface area contributed by atoms with Gasteiger partial charge in [0.2, 0.25) is 0 Å². The maximum absolute atomic E-state index is 6.33. The van der Waals surface area contributed by atoms with E-state index >= 15 is 0 Å². The zero-order valence-corrected chi connectivity index (χ0v) is 23.4. The molecule has 0 aromatic carbocycles. The second-order valence-corrected chi connectivity index (χ2v) is 14.0. The molecule has 0 heterocycles. The number of fused-ring (bicyclic) bond motifs is 5. The van der Waals surface area contributed by atoms with E-state index in [1.165, 1.54) is 77.0 Å². The van der Waals surface area contributed by atoms with Crippen molar-refractivity contribution in [2.45, 2.75) is 118 Å². The molecule has 0 aliphatic heterocycles. The number of hydrogen-bond acceptors (Lipinski definition) is 3. The first-order chi connectivity index (χ1) is 16.3. The number of rotatable bonds is 11. The second kappa shape index (κ2) is 11.5. The summed E-state index contributed by atoms with van der Waals surface area (Å²) in [6.07, 6.45) is 17.8. The molecule has 198 valence electrons. The van der Waals surface area contributed by atoms with Gasteiger partial charge in [-0.15, -0.1) is 0 Å². The van der Waals surface area contributed by atoms with Gasteiger partial charge >= 0.3 is 0 Å². The Morgan fingerprint density at radius 2 is 1.65 bits per heavy atom. The van der Waals surface area contributed by atoms with Gasteiger partial charge in [-0.05, 0) is 110 Å². The third kappa shape index (κ3) is 5.42. The van der Waals surface area contributed by atoms with Crippen molar-refractivity contribution in [1.82, 2.24) is 5.32 Å². The topological polar surface area (TPSA) is 47.3 Å². The van der Waals surface area contributed by atoms with Gasteiger partial charge in [0.15, 0.2) is 0 Å². The number of nitrogens with two attached hydrogens (primary N) is 1. The van der Waals surface area contributed by atoms with Gasteiger partial charge < -0.3 is 15.8 Å². The third-order valence-electron chi connectivity index (χ3n) is 11.8. The van der Waals surface area contributed by atoms with Crippen LogP contribution in [0.1, 0.15) is 112 Å². The summed E-state index contributed by atoms with van der Waals surface area (Å²) in [4.78, 5) is 0. The monoisotopic (exact) mass is 474 g/mol. The van der Waals surface area contributed by atoms with Crippen LogP contribution in [0.4, 0.5) is 0 Å². The summed E-state index contributed by atoms with van der Waals surface area (Å²) in [5.74, 6) is 6.64. The molecular weight excluding hydrogens is 416 g/mol. The van der Waals surface area contributed by atoms with Crippen LogP contribution in [-0.4, -0.2) is 32.3 Å². The molecule has 3 unspecified atom stereocenters. The molecule has 0 bridgehead atoms. The maximum atomic E-state index is 6.33. The molecule has 4 rings (SSSR count). The quantitative estimate of drug-likeness (QED) is 0.316. The molecule has 3 nitrogen and oxygen atoms in total. The fourth-order valence-corrected chi connectivity index (χ4v) is 9.92. The fourth-order valence-electron chi connectivity index (χ4n) is 9.92. The van der Waals surface area contributed by atoms with Gasteiger partial charge in [0, 0.05) is 19.6 Å². The maximum Gasteiger partial charge on any atom is 0.0594 e. The normalized spacial score (nSPS) is 42.8. The molecule has 4 aliphatic carbocycles. The summed E-state index contributed by atoms with van der Waals surface area (Å²) >= 11 is 0.